The van der Waals surface area contributed by atoms with Crippen molar-refractivity contribution in [3.63, 3.8) is 0 Å². The van der Waals surface area contributed by atoms with Crippen LogP contribution in [0.5, 0.6) is 0 Å². The van der Waals surface area contributed by atoms with Crippen molar-refractivity contribution in [1.29, 1.82) is 0 Å². The maximum atomic E-state index is 15.1. The second-order valence-corrected chi connectivity index (χ2v) is 17.0. The highest BCUT2D eigenvalue weighted by atomic mass is 31.1. The largest absolute Gasteiger partial charge is 0.300 e. The SMILES string of the molecule is C[C@@H](c1ccccc1)N(C(=O)/C=C/c1ccc([N+](=O)[O-])cc1)c1c(P(c2ccccc2)c2ccccc2)cccc1P(c1ccccc1)c1ccccc1. The first-order valence-corrected chi connectivity index (χ1v) is 20.4. The Bertz CT molecular complexity index is 2160. The van der Waals surface area contributed by atoms with Crippen molar-refractivity contribution in [2.24, 2.45) is 0 Å². The summed E-state index contributed by atoms with van der Waals surface area (Å²) >= 11 is 0. The maximum Gasteiger partial charge on any atom is 0.269 e. The predicted molar refractivity (Wildman–Crippen MR) is 228 cm³/mol. The van der Waals surface area contributed by atoms with Gasteiger partial charge < -0.3 is 4.90 Å². The Labute approximate surface area is 318 Å². The number of anilines is 1. The van der Waals surface area contributed by atoms with E-state index in [1.54, 1.807) is 24.3 Å². The molecule has 0 saturated heterocycles. The highest BCUT2D eigenvalue weighted by molar-refractivity contribution is 7.81. The van der Waals surface area contributed by atoms with E-state index >= 15 is 4.79 Å². The van der Waals surface area contributed by atoms with Crippen LogP contribution >= 0.6 is 15.8 Å². The summed E-state index contributed by atoms with van der Waals surface area (Å²) in [6.07, 6.45) is 3.34. The third kappa shape index (κ3) is 8.14. The molecule has 0 aliphatic heterocycles. The highest BCUT2D eigenvalue weighted by Gasteiger charge is 2.33. The Kier molecular flexibility index (Phi) is 11.6. The van der Waals surface area contributed by atoms with Crippen LogP contribution < -0.4 is 36.7 Å². The van der Waals surface area contributed by atoms with Crippen LogP contribution in [0.3, 0.4) is 0 Å². The number of nitrogens with zero attached hydrogens (tertiary/aromatic N) is 2. The van der Waals surface area contributed by atoms with E-state index in [2.05, 4.69) is 134 Å². The molecule has 0 N–H and O–H groups in total. The van der Waals surface area contributed by atoms with Crippen LogP contribution in [0, 0.1) is 10.1 Å². The molecule has 0 bridgehead atoms. The van der Waals surface area contributed by atoms with Gasteiger partial charge in [0.05, 0.1) is 16.7 Å². The molecule has 7 aromatic carbocycles. The first-order chi connectivity index (χ1) is 26.5. The van der Waals surface area contributed by atoms with E-state index in [1.165, 1.54) is 33.4 Å². The minimum Gasteiger partial charge on any atom is -0.300 e. The number of non-ortho nitro benzene ring substituents is 1. The minimum absolute atomic E-state index is 0.00160. The molecule has 54 heavy (non-hydrogen) atoms. The van der Waals surface area contributed by atoms with Crippen LogP contribution in [0.2, 0.25) is 0 Å². The Morgan fingerprint density at radius 1 is 0.556 bits per heavy atom. The number of nitro groups is 1. The molecule has 0 fully saturated rings. The molecule has 0 unspecified atom stereocenters. The number of nitro benzene ring substituents is 1. The van der Waals surface area contributed by atoms with Gasteiger partial charge in [0.25, 0.3) is 11.6 Å². The number of hydrogen-bond acceptors (Lipinski definition) is 3. The van der Waals surface area contributed by atoms with Gasteiger partial charge in [-0.2, -0.15) is 0 Å². The molecule has 0 saturated carbocycles. The smallest absolute Gasteiger partial charge is 0.269 e. The monoisotopic (exact) mass is 740 g/mol. The molecule has 0 aromatic heterocycles. The van der Waals surface area contributed by atoms with Crippen molar-refractivity contribution in [2.45, 2.75) is 13.0 Å². The van der Waals surface area contributed by atoms with Crippen LogP contribution in [0.1, 0.15) is 24.1 Å². The van der Waals surface area contributed by atoms with E-state index in [-0.39, 0.29) is 17.6 Å². The van der Waals surface area contributed by atoms with Gasteiger partial charge in [0, 0.05) is 28.8 Å². The summed E-state index contributed by atoms with van der Waals surface area (Å²) < 4.78 is 0. The van der Waals surface area contributed by atoms with Crippen LogP contribution in [0.15, 0.2) is 200 Å². The molecule has 0 radical (unpaired) electrons. The van der Waals surface area contributed by atoms with Crippen LogP contribution in [-0.4, -0.2) is 10.8 Å². The Hall–Kier alpha value is -5.99. The molecule has 5 nitrogen and oxygen atoms in total. The predicted octanol–water partition coefficient (Wildman–Crippen LogP) is 8.92. The van der Waals surface area contributed by atoms with Crippen LogP contribution in [0.4, 0.5) is 11.4 Å². The van der Waals surface area contributed by atoms with Crippen molar-refractivity contribution in [2.75, 3.05) is 4.90 Å². The molecule has 0 heterocycles. The fourth-order valence-corrected chi connectivity index (χ4v) is 11.6. The van der Waals surface area contributed by atoms with E-state index in [0.29, 0.717) is 5.56 Å². The van der Waals surface area contributed by atoms with Crippen molar-refractivity contribution in [3.05, 3.63) is 221 Å². The molecule has 0 spiro atoms. The quantitative estimate of drug-likeness (QED) is 0.0544. The van der Waals surface area contributed by atoms with Crippen molar-refractivity contribution < 1.29 is 9.72 Å². The molecule has 1 atom stereocenters. The van der Waals surface area contributed by atoms with Gasteiger partial charge in [-0.05, 0) is 73.3 Å². The number of rotatable bonds is 12. The van der Waals surface area contributed by atoms with E-state index in [4.69, 9.17) is 0 Å². The summed E-state index contributed by atoms with van der Waals surface area (Å²) in [4.78, 5) is 28.1. The summed E-state index contributed by atoms with van der Waals surface area (Å²) in [7, 11) is -2.26. The standard InChI is InChI=1S/C47H38N2O3P2/c1-36(38-18-7-2-8-19-38)48(46(50)35-32-37-30-33-39(34-31-37)49(51)52)47-44(53(40-20-9-3-10-21-40)41-22-11-4-12-23-41)28-17-29-45(47)54(42-24-13-5-14-25-42)43-26-15-6-16-27-43/h2-36H,1H3/b35-32+/t36-/m0/s1. The van der Waals surface area contributed by atoms with Gasteiger partial charge >= 0.3 is 0 Å². The fraction of sp³-hybridized carbons (Fsp3) is 0.0426. The summed E-state index contributed by atoms with van der Waals surface area (Å²) in [6, 6.07) is 64.9. The number of para-hydroxylation sites is 1. The summed E-state index contributed by atoms with van der Waals surface area (Å²) in [6.45, 7) is 2.09. The van der Waals surface area contributed by atoms with Crippen LogP contribution in [0.25, 0.3) is 6.08 Å². The van der Waals surface area contributed by atoms with Gasteiger partial charge in [-0.1, -0.05) is 170 Å². The van der Waals surface area contributed by atoms with Gasteiger partial charge in [0.1, 0.15) is 0 Å². The Morgan fingerprint density at radius 2 is 0.944 bits per heavy atom. The van der Waals surface area contributed by atoms with Crippen molar-refractivity contribution in [1.82, 2.24) is 0 Å². The van der Waals surface area contributed by atoms with E-state index in [1.807, 2.05) is 47.4 Å². The van der Waals surface area contributed by atoms with Crippen molar-refractivity contribution in [3.8, 4) is 0 Å². The first kappa shape index (κ1) is 36.4. The van der Waals surface area contributed by atoms with E-state index in [9.17, 15) is 10.1 Å². The average molecular weight is 741 g/mol. The zero-order valence-electron chi connectivity index (χ0n) is 29.7. The maximum absolute atomic E-state index is 15.1. The molecular weight excluding hydrogens is 702 g/mol. The average Bonchev–Trinajstić information content (AvgIpc) is 3.23. The molecule has 1 amide bonds. The Morgan fingerprint density at radius 3 is 1.33 bits per heavy atom. The second-order valence-electron chi connectivity index (χ2n) is 12.6. The topological polar surface area (TPSA) is 63.5 Å². The Balaban J connectivity index is 1.52. The lowest BCUT2D eigenvalue weighted by molar-refractivity contribution is -0.384. The molecule has 7 heteroatoms. The molecule has 0 aliphatic carbocycles. The third-order valence-corrected chi connectivity index (χ3v) is 14.1. The lowest BCUT2D eigenvalue weighted by Gasteiger charge is -2.36. The van der Waals surface area contributed by atoms with Gasteiger partial charge in [0.15, 0.2) is 0 Å². The van der Waals surface area contributed by atoms with Crippen LogP contribution in [-0.2, 0) is 4.79 Å². The molecule has 264 valence electrons. The van der Waals surface area contributed by atoms with E-state index in [0.717, 1.165) is 21.9 Å². The summed E-state index contributed by atoms with van der Waals surface area (Å²) in [5.74, 6) is -0.189. The number of carbonyl (C=O) groups excluding carboxylic acids is 1. The second kappa shape index (κ2) is 17.2. The summed E-state index contributed by atoms with van der Waals surface area (Å²) in [5, 5.41) is 18.2. The van der Waals surface area contributed by atoms with E-state index < -0.39 is 20.8 Å². The van der Waals surface area contributed by atoms with Gasteiger partial charge in [-0.15, -0.1) is 0 Å². The first-order valence-electron chi connectivity index (χ1n) is 17.7. The third-order valence-electron chi connectivity index (χ3n) is 9.20. The highest BCUT2D eigenvalue weighted by Crippen LogP contribution is 2.43. The number of hydrogen-bond donors (Lipinski definition) is 0. The lowest BCUT2D eigenvalue weighted by atomic mass is 10.1. The normalized spacial score (nSPS) is 11.8. The number of amides is 1. The van der Waals surface area contributed by atoms with Gasteiger partial charge in [-0.25, -0.2) is 0 Å². The minimum atomic E-state index is -1.13. The summed E-state index contributed by atoms with van der Waals surface area (Å²) in [5.41, 5.74) is 2.59. The lowest BCUT2D eigenvalue weighted by Crippen LogP contribution is -2.41. The van der Waals surface area contributed by atoms with Gasteiger partial charge in [0.2, 0.25) is 0 Å². The molecule has 7 aromatic rings. The van der Waals surface area contributed by atoms with Crippen molar-refractivity contribution >= 4 is 71.0 Å². The number of carbonyl (C=O) groups is 1. The zero-order valence-corrected chi connectivity index (χ0v) is 31.5. The zero-order chi connectivity index (χ0) is 37.3. The fourth-order valence-electron chi connectivity index (χ4n) is 6.62. The number of benzene rings is 7. The molecule has 7 rings (SSSR count). The molecule has 0 aliphatic rings. The van der Waals surface area contributed by atoms with Gasteiger partial charge in [-0.3, -0.25) is 14.9 Å². The molecular formula is C47H38N2O3P2.